The monoisotopic (exact) mass is 266 g/mol. The van der Waals surface area contributed by atoms with E-state index in [1.165, 1.54) is 0 Å². The van der Waals surface area contributed by atoms with Crippen LogP contribution in [-0.4, -0.2) is 16.0 Å². The molecule has 0 amide bonds. The van der Waals surface area contributed by atoms with Gasteiger partial charge >= 0.3 is 0 Å². The van der Waals surface area contributed by atoms with Crippen molar-refractivity contribution in [2.75, 3.05) is 0 Å². The van der Waals surface area contributed by atoms with E-state index in [4.69, 9.17) is 0 Å². The van der Waals surface area contributed by atoms with E-state index in [1.54, 1.807) is 0 Å². The van der Waals surface area contributed by atoms with Crippen molar-refractivity contribution in [3.05, 3.63) is 26.8 Å². The van der Waals surface area contributed by atoms with Gasteiger partial charge in [-0.3, -0.25) is 9.36 Å². The van der Waals surface area contributed by atoms with Gasteiger partial charge in [-0.2, -0.15) is 0 Å². The first-order valence-corrected chi connectivity index (χ1v) is 4.87. The predicted molar refractivity (Wildman–Crippen MR) is 51.6 cm³/mol. The van der Waals surface area contributed by atoms with Gasteiger partial charge < -0.3 is 0 Å². The molecule has 6 heteroatoms. The Morgan fingerprint density at radius 1 is 1.64 bits per heavy atom. The van der Waals surface area contributed by atoms with Crippen molar-refractivity contribution in [1.29, 1.82) is 0 Å². The van der Waals surface area contributed by atoms with Gasteiger partial charge in [0.1, 0.15) is 4.47 Å². The van der Waals surface area contributed by atoms with Crippen LogP contribution in [-0.2, 0) is 13.0 Å². The Kier molecular flexibility index (Phi) is 3.74. The average Bonchev–Trinajstić information content (AvgIpc) is 2.13. The summed E-state index contributed by atoms with van der Waals surface area (Å²) in [6.45, 7) is 1.22. The number of halogens is 3. The van der Waals surface area contributed by atoms with Crippen molar-refractivity contribution in [3.8, 4) is 0 Å². The molecule has 0 N–H and O–H groups in total. The molecular weight excluding hydrogens is 258 g/mol. The molecule has 0 radical (unpaired) electrons. The van der Waals surface area contributed by atoms with E-state index in [-0.39, 0.29) is 4.47 Å². The summed E-state index contributed by atoms with van der Waals surface area (Å²) < 4.78 is 25.2. The minimum atomic E-state index is -2.55. The van der Waals surface area contributed by atoms with Gasteiger partial charge in [0.05, 0.1) is 18.6 Å². The molecule has 1 aromatic heterocycles. The second-order valence-electron chi connectivity index (χ2n) is 2.71. The van der Waals surface area contributed by atoms with Crippen molar-refractivity contribution in [1.82, 2.24) is 9.55 Å². The first-order chi connectivity index (χ1) is 6.56. The molecule has 0 unspecified atom stereocenters. The summed E-state index contributed by atoms with van der Waals surface area (Å²) in [5, 5.41) is 0. The van der Waals surface area contributed by atoms with Crippen LogP contribution in [0.3, 0.4) is 0 Å². The molecule has 1 aromatic rings. The van der Waals surface area contributed by atoms with E-state index in [0.29, 0.717) is 12.1 Å². The Morgan fingerprint density at radius 3 is 2.79 bits per heavy atom. The fraction of sp³-hybridized carbons (Fsp3) is 0.500. The molecule has 0 aliphatic heterocycles. The van der Waals surface area contributed by atoms with Crippen LogP contribution >= 0.6 is 15.9 Å². The summed E-state index contributed by atoms with van der Waals surface area (Å²) in [5.41, 5.74) is 0.123. The predicted octanol–water partition coefficient (Wildman–Crippen LogP) is 1.83. The highest BCUT2D eigenvalue weighted by molar-refractivity contribution is 9.10. The molecule has 0 saturated carbocycles. The topological polar surface area (TPSA) is 34.9 Å². The number of alkyl halides is 2. The first-order valence-electron chi connectivity index (χ1n) is 4.08. The number of hydrogen-bond acceptors (Lipinski definition) is 2. The molecular formula is C8H9BrF2N2O. The molecule has 0 aliphatic carbocycles. The Balaban J connectivity index is 3.11. The van der Waals surface area contributed by atoms with Crippen molar-refractivity contribution < 1.29 is 8.78 Å². The Morgan fingerprint density at radius 2 is 2.29 bits per heavy atom. The van der Waals surface area contributed by atoms with Gasteiger partial charge in [0, 0.05) is 0 Å². The highest BCUT2D eigenvalue weighted by Gasteiger charge is 2.10. The highest BCUT2D eigenvalue weighted by atomic mass is 79.9. The van der Waals surface area contributed by atoms with Crippen LogP contribution in [0.5, 0.6) is 0 Å². The fourth-order valence-electron chi connectivity index (χ4n) is 1.02. The Bertz CT molecular complexity index is 378. The lowest BCUT2D eigenvalue weighted by Gasteiger charge is -2.06. The van der Waals surface area contributed by atoms with Crippen molar-refractivity contribution in [3.63, 3.8) is 0 Å². The van der Waals surface area contributed by atoms with E-state index in [0.717, 1.165) is 10.9 Å². The molecule has 0 spiro atoms. The summed E-state index contributed by atoms with van der Waals surface area (Å²) in [6, 6.07) is 0. The SMILES string of the molecule is CCc1ncn(CC(F)F)c(=O)c1Br. The zero-order valence-electron chi connectivity index (χ0n) is 7.51. The van der Waals surface area contributed by atoms with Crippen LogP contribution in [0.1, 0.15) is 12.6 Å². The minimum Gasteiger partial charge on any atom is -0.293 e. The third-order valence-corrected chi connectivity index (χ3v) is 2.52. The van der Waals surface area contributed by atoms with Crippen LogP contribution in [0.4, 0.5) is 8.78 Å². The number of hydrogen-bond donors (Lipinski definition) is 0. The van der Waals surface area contributed by atoms with Crippen LogP contribution in [0.2, 0.25) is 0 Å². The van der Waals surface area contributed by atoms with Gasteiger partial charge in [-0.15, -0.1) is 0 Å². The number of aryl methyl sites for hydroxylation is 1. The molecule has 78 valence electrons. The van der Waals surface area contributed by atoms with E-state index < -0.39 is 18.5 Å². The van der Waals surface area contributed by atoms with E-state index in [1.807, 2.05) is 6.92 Å². The minimum absolute atomic E-state index is 0.267. The summed E-state index contributed by atoms with van der Waals surface area (Å²) in [5.74, 6) is 0. The normalized spacial score (nSPS) is 10.9. The largest absolute Gasteiger partial charge is 0.293 e. The van der Waals surface area contributed by atoms with Gasteiger partial charge in [0.15, 0.2) is 0 Å². The third kappa shape index (κ3) is 2.37. The third-order valence-electron chi connectivity index (χ3n) is 1.72. The molecule has 0 aliphatic rings. The first kappa shape index (κ1) is 11.3. The molecule has 1 rings (SSSR count). The molecule has 3 nitrogen and oxygen atoms in total. The average molecular weight is 267 g/mol. The molecule has 1 heterocycles. The summed E-state index contributed by atoms with van der Waals surface area (Å²) in [6.07, 6.45) is -0.808. The van der Waals surface area contributed by atoms with Gasteiger partial charge in [-0.05, 0) is 22.4 Å². The molecule has 0 bridgehead atoms. The standard InChI is InChI=1S/C8H9BrF2N2O/c1-2-5-7(9)8(14)13(4-12-5)3-6(10)11/h4,6H,2-3H2,1H3. The van der Waals surface area contributed by atoms with Gasteiger partial charge in [-0.25, -0.2) is 13.8 Å². The van der Waals surface area contributed by atoms with E-state index in [2.05, 4.69) is 20.9 Å². The quantitative estimate of drug-likeness (QED) is 0.837. The van der Waals surface area contributed by atoms with Gasteiger partial charge in [0.25, 0.3) is 12.0 Å². The second-order valence-corrected chi connectivity index (χ2v) is 3.50. The summed E-state index contributed by atoms with van der Waals surface area (Å²) in [7, 11) is 0. The van der Waals surface area contributed by atoms with Crippen molar-refractivity contribution >= 4 is 15.9 Å². The molecule has 0 fully saturated rings. The summed E-state index contributed by atoms with van der Waals surface area (Å²) in [4.78, 5) is 15.3. The number of aromatic nitrogens is 2. The maximum Gasteiger partial charge on any atom is 0.268 e. The highest BCUT2D eigenvalue weighted by Crippen LogP contribution is 2.09. The van der Waals surface area contributed by atoms with Crippen LogP contribution in [0.15, 0.2) is 15.6 Å². The zero-order valence-corrected chi connectivity index (χ0v) is 9.09. The second kappa shape index (κ2) is 4.63. The molecule has 0 aromatic carbocycles. The zero-order chi connectivity index (χ0) is 10.7. The lowest BCUT2D eigenvalue weighted by molar-refractivity contribution is 0.124. The van der Waals surface area contributed by atoms with E-state index in [9.17, 15) is 13.6 Å². The van der Waals surface area contributed by atoms with Crippen LogP contribution in [0, 0.1) is 0 Å². The molecule has 14 heavy (non-hydrogen) atoms. The number of nitrogens with zero attached hydrogens (tertiary/aromatic N) is 2. The smallest absolute Gasteiger partial charge is 0.268 e. The van der Waals surface area contributed by atoms with E-state index >= 15 is 0 Å². The van der Waals surface area contributed by atoms with Crippen LogP contribution in [0.25, 0.3) is 0 Å². The molecule has 0 saturated heterocycles. The lowest BCUT2D eigenvalue weighted by atomic mass is 10.3. The Hall–Kier alpha value is -0.780. The molecule has 0 atom stereocenters. The van der Waals surface area contributed by atoms with Crippen LogP contribution < -0.4 is 5.56 Å². The summed E-state index contributed by atoms with van der Waals surface area (Å²) >= 11 is 3.04. The van der Waals surface area contributed by atoms with Gasteiger partial charge in [0.2, 0.25) is 0 Å². The van der Waals surface area contributed by atoms with Gasteiger partial charge in [-0.1, -0.05) is 6.92 Å². The lowest BCUT2D eigenvalue weighted by Crippen LogP contribution is -2.25. The van der Waals surface area contributed by atoms with Crippen molar-refractivity contribution in [2.24, 2.45) is 0 Å². The maximum atomic E-state index is 12.0. The number of rotatable bonds is 3. The Labute approximate surface area is 87.9 Å². The van der Waals surface area contributed by atoms with Crippen molar-refractivity contribution in [2.45, 2.75) is 26.3 Å². The maximum absolute atomic E-state index is 12.0. The fourth-order valence-corrected chi connectivity index (χ4v) is 1.63.